The molecule has 1 heterocycles. The number of hydrogen-bond donors (Lipinski definition) is 1. The van der Waals surface area contributed by atoms with Gasteiger partial charge in [-0.2, -0.15) is 5.10 Å². The van der Waals surface area contributed by atoms with Crippen LogP contribution in [-0.4, -0.2) is 21.8 Å². The molecule has 1 amide bonds. The zero-order valence-corrected chi connectivity index (χ0v) is 13.4. The van der Waals surface area contributed by atoms with E-state index in [9.17, 15) is 4.79 Å². The maximum absolute atomic E-state index is 11.8. The first-order valence-corrected chi connectivity index (χ1v) is 7.55. The van der Waals surface area contributed by atoms with Crippen LogP contribution < -0.4 is 10.1 Å². The van der Waals surface area contributed by atoms with Gasteiger partial charge in [0.15, 0.2) is 0 Å². The molecule has 0 saturated heterocycles. The molecule has 1 aromatic carbocycles. The number of nitrogens with zero attached hydrogens (tertiary/aromatic N) is 2. The van der Waals surface area contributed by atoms with E-state index in [2.05, 4.69) is 10.4 Å². The third-order valence-corrected chi connectivity index (χ3v) is 3.13. The third-order valence-electron chi connectivity index (χ3n) is 3.13. The first-order valence-electron chi connectivity index (χ1n) is 7.55. The summed E-state index contributed by atoms with van der Waals surface area (Å²) in [5.74, 6) is 0.870. The molecule has 1 aromatic heterocycles. The van der Waals surface area contributed by atoms with Crippen molar-refractivity contribution in [2.75, 3.05) is 0 Å². The molecule has 0 bridgehead atoms. The van der Waals surface area contributed by atoms with E-state index >= 15 is 0 Å². The lowest BCUT2D eigenvalue weighted by Gasteiger charge is -2.10. The molecule has 118 valence electrons. The summed E-state index contributed by atoms with van der Waals surface area (Å²) < 4.78 is 7.37. The van der Waals surface area contributed by atoms with Gasteiger partial charge >= 0.3 is 0 Å². The van der Waals surface area contributed by atoms with E-state index in [1.807, 2.05) is 57.3 Å². The minimum atomic E-state index is 0.0238. The van der Waals surface area contributed by atoms with Crippen LogP contribution in [0.2, 0.25) is 0 Å². The summed E-state index contributed by atoms with van der Waals surface area (Å²) in [5, 5.41) is 7.17. The van der Waals surface area contributed by atoms with Crippen LogP contribution in [0.15, 0.2) is 36.5 Å². The molecule has 5 nitrogen and oxygen atoms in total. The molecule has 22 heavy (non-hydrogen) atoms. The molecular weight excluding hydrogens is 278 g/mol. The summed E-state index contributed by atoms with van der Waals surface area (Å²) >= 11 is 0. The molecule has 0 atom stereocenters. The van der Waals surface area contributed by atoms with Crippen LogP contribution in [0.3, 0.4) is 0 Å². The Labute approximate surface area is 131 Å². The summed E-state index contributed by atoms with van der Waals surface area (Å²) in [4.78, 5) is 11.8. The molecule has 0 aliphatic heterocycles. The second-order valence-electron chi connectivity index (χ2n) is 5.56. The number of aromatic nitrogens is 2. The smallest absolute Gasteiger partial charge is 0.222 e. The highest BCUT2D eigenvalue weighted by atomic mass is 16.5. The van der Waals surface area contributed by atoms with Gasteiger partial charge in [0, 0.05) is 25.7 Å². The standard InChI is InChI=1S/C17H23N3O2/c1-13(2)22-16-6-4-15(5-7-16)12-18-17(21)9-11-20-10-8-14(3)19-20/h4-8,10,13H,9,11-12H2,1-3H3,(H,18,21). The summed E-state index contributed by atoms with van der Waals surface area (Å²) in [5.41, 5.74) is 2.02. The molecule has 5 heteroatoms. The van der Waals surface area contributed by atoms with Gasteiger partial charge in [-0.15, -0.1) is 0 Å². The van der Waals surface area contributed by atoms with Gasteiger partial charge in [0.2, 0.25) is 5.91 Å². The SMILES string of the molecule is Cc1ccn(CCC(=O)NCc2ccc(OC(C)C)cc2)n1. The van der Waals surface area contributed by atoms with Crippen molar-refractivity contribution in [3.8, 4) is 5.75 Å². The van der Waals surface area contributed by atoms with Crippen molar-refractivity contribution in [2.45, 2.75) is 46.4 Å². The van der Waals surface area contributed by atoms with E-state index < -0.39 is 0 Å². The fourth-order valence-corrected chi connectivity index (χ4v) is 2.05. The second-order valence-corrected chi connectivity index (χ2v) is 5.56. The molecule has 0 fully saturated rings. The van der Waals surface area contributed by atoms with Gasteiger partial charge in [0.05, 0.1) is 11.8 Å². The van der Waals surface area contributed by atoms with Gasteiger partial charge in [0.25, 0.3) is 0 Å². The van der Waals surface area contributed by atoms with Crippen molar-refractivity contribution in [1.29, 1.82) is 0 Å². The zero-order valence-electron chi connectivity index (χ0n) is 13.4. The summed E-state index contributed by atoms with van der Waals surface area (Å²) in [7, 11) is 0. The molecule has 0 saturated carbocycles. The van der Waals surface area contributed by atoms with E-state index in [1.165, 1.54) is 0 Å². The normalized spacial score (nSPS) is 10.7. The molecule has 0 aliphatic rings. The maximum Gasteiger partial charge on any atom is 0.222 e. The topological polar surface area (TPSA) is 56.2 Å². The lowest BCUT2D eigenvalue weighted by Crippen LogP contribution is -2.24. The lowest BCUT2D eigenvalue weighted by atomic mass is 10.2. The fourth-order valence-electron chi connectivity index (χ4n) is 2.05. The van der Waals surface area contributed by atoms with Crippen molar-refractivity contribution in [1.82, 2.24) is 15.1 Å². The van der Waals surface area contributed by atoms with Crippen LogP contribution in [0.1, 0.15) is 31.5 Å². The number of nitrogens with one attached hydrogen (secondary N) is 1. The number of hydrogen-bond acceptors (Lipinski definition) is 3. The largest absolute Gasteiger partial charge is 0.491 e. The first-order chi connectivity index (χ1) is 10.5. The Kier molecular flexibility index (Phi) is 5.58. The van der Waals surface area contributed by atoms with Crippen LogP contribution >= 0.6 is 0 Å². The van der Waals surface area contributed by atoms with Gasteiger partial charge in [-0.3, -0.25) is 9.48 Å². The highest BCUT2D eigenvalue weighted by Crippen LogP contribution is 2.13. The number of benzene rings is 1. The average molecular weight is 301 g/mol. The zero-order chi connectivity index (χ0) is 15.9. The molecular formula is C17H23N3O2. The van der Waals surface area contributed by atoms with Gasteiger partial charge in [0.1, 0.15) is 5.75 Å². The summed E-state index contributed by atoms with van der Waals surface area (Å²) in [6, 6.07) is 9.71. The Morgan fingerprint density at radius 2 is 2.00 bits per heavy atom. The van der Waals surface area contributed by atoms with E-state index in [0.717, 1.165) is 17.0 Å². The van der Waals surface area contributed by atoms with Crippen LogP contribution in [0.5, 0.6) is 5.75 Å². The quantitative estimate of drug-likeness (QED) is 0.855. The van der Waals surface area contributed by atoms with Gasteiger partial charge in [-0.25, -0.2) is 0 Å². The predicted molar refractivity (Wildman–Crippen MR) is 85.6 cm³/mol. The molecule has 2 aromatic rings. The third kappa shape index (κ3) is 5.24. The van der Waals surface area contributed by atoms with Crippen molar-refractivity contribution in [3.63, 3.8) is 0 Å². The van der Waals surface area contributed by atoms with Crippen LogP contribution in [0, 0.1) is 6.92 Å². The molecule has 0 unspecified atom stereocenters. The summed E-state index contributed by atoms with van der Waals surface area (Å²) in [6.45, 7) is 7.05. The van der Waals surface area contributed by atoms with Gasteiger partial charge < -0.3 is 10.1 Å². The molecule has 1 N–H and O–H groups in total. The molecule has 0 radical (unpaired) electrons. The minimum Gasteiger partial charge on any atom is -0.491 e. The molecule has 0 aliphatic carbocycles. The van der Waals surface area contributed by atoms with Crippen molar-refractivity contribution in [3.05, 3.63) is 47.8 Å². The maximum atomic E-state index is 11.8. The second kappa shape index (κ2) is 7.64. The summed E-state index contributed by atoms with van der Waals surface area (Å²) in [6.07, 6.45) is 2.47. The average Bonchev–Trinajstić information content (AvgIpc) is 2.89. The van der Waals surface area contributed by atoms with E-state index in [1.54, 1.807) is 4.68 Å². The van der Waals surface area contributed by atoms with Gasteiger partial charge in [-0.1, -0.05) is 12.1 Å². The van der Waals surface area contributed by atoms with Gasteiger partial charge in [-0.05, 0) is 44.5 Å². The number of carbonyl (C=O) groups excluding carboxylic acids is 1. The highest BCUT2D eigenvalue weighted by molar-refractivity contribution is 5.75. The first kappa shape index (κ1) is 16.1. The lowest BCUT2D eigenvalue weighted by molar-refractivity contribution is -0.121. The molecule has 0 spiro atoms. The number of carbonyl (C=O) groups is 1. The minimum absolute atomic E-state index is 0.0238. The van der Waals surface area contributed by atoms with Crippen LogP contribution in [-0.2, 0) is 17.9 Å². The Morgan fingerprint density at radius 3 is 2.59 bits per heavy atom. The Bertz CT molecular complexity index is 603. The van der Waals surface area contributed by atoms with E-state index in [0.29, 0.717) is 19.5 Å². The number of aryl methyl sites for hydroxylation is 2. The van der Waals surface area contributed by atoms with Crippen molar-refractivity contribution in [2.24, 2.45) is 0 Å². The predicted octanol–water partition coefficient (Wildman–Crippen LogP) is 2.69. The Hall–Kier alpha value is -2.30. The van der Waals surface area contributed by atoms with Crippen LogP contribution in [0.4, 0.5) is 0 Å². The number of rotatable bonds is 7. The fraction of sp³-hybridized carbons (Fsp3) is 0.412. The Morgan fingerprint density at radius 1 is 1.27 bits per heavy atom. The number of amides is 1. The van der Waals surface area contributed by atoms with E-state index in [4.69, 9.17) is 4.74 Å². The van der Waals surface area contributed by atoms with Crippen molar-refractivity contribution >= 4 is 5.91 Å². The van der Waals surface area contributed by atoms with Crippen LogP contribution in [0.25, 0.3) is 0 Å². The Balaban J connectivity index is 1.73. The van der Waals surface area contributed by atoms with E-state index in [-0.39, 0.29) is 12.0 Å². The number of ether oxygens (including phenoxy) is 1. The molecule has 2 rings (SSSR count). The monoisotopic (exact) mass is 301 g/mol. The van der Waals surface area contributed by atoms with Crippen molar-refractivity contribution < 1.29 is 9.53 Å². The highest BCUT2D eigenvalue weighted by Gasteiger charge is 2.03.